The van der Waals surface area contributed by atoms with Crippen LogP contribution in [0.15, 0.2) is 60.7 Å². The van der Waals surface area contributed by atoms with Crippen molar-refractivity contribution in [1.82, 2.24) is 9.88 Å². The summed E-state index contributed by atoms with van der Waals surface area (Å²) in [5.41, 5.74) is 2.80. The first-order valence-electron chi connectivity index (χ1n) is 10.3. The van der Waals surface area contributed by atoms with Crippen LogP contribution in [-0.4, -0.2) is 48.1 Å². The summed E-state index contributed by atoms with van der Waals surface area (Å²) in [7, 11) is 0. The number of likely N-dealkylation sites (tertiary alicyclic amines) is 1. The molecule has 5 heteroatoms. The first-order valence-corrected chi connectivity index (χ1v) is 10.3. The lowest BCUT2D eigenvalue weighted by atomic mass is 10.1. The Balaban J connectivity index is 1.39. The van der Waals surface area contributed by atoms with Gasteiger partial charge in [0.25, 0.3) is 5.91 Å². The minimum Gasteiger partial charge on any atom is -0.472 e. The van der Waals surface area contributed by atoms with Gasteiger partial charge >= 0.3 is 0 Å². The fraction of sp³-hybridized carbons (Fsp3) is 0.333. The molecule has 1 unspecified atom stereocenters. The topological polar surface area (TPSA) is 45.7 Å². The molecular weight excluding hydrogens is 362 g/mol. The predicted octanol–water partition coefficient (Wildman–Crippen LogP) is 4.37. The minimum atomic E-state index is -0.0254. The molecule has 1 aromatic heterocycles. The Labute approximate surface area is 171 Å². The summed E-state index contributed by atoms with van der Waals surface area (Å²) in [4.78, 5) is 21.6. The van der Waals surface area contributed by atoms with Gasteiger partial charge in [-0.3, -0.25) is 4.79 Å². The number of hydrogen-bond donors (Lipinski definition) is 0. The van der Waals surface area contributed by atoms with Gasteiger partial charge in [-0.25, -0.2) is 4.98 Å². The molecule has 1 atom stereocenters. The predicted molar refractivity (Wildman–Crippen MR) is 117 cm³/mol. The van der Waals surface area contributed by atoms with E-state index in [1.165, 1.54) is 0 Å². The summed E-state index contributed by atoms with van der Waals surface area (Å²) in [5.74, 6) is 0.681. The molecule has 2 heterocycles. The fourth-order valence-corrected chi connectivity index (χ4v) is 3.88. The number of anilines is 1. The first-order chi connectivity index (χ1) is 14.2. The third-order valence-electron chi connectivity index (χ3n) is 5.54. The average molecular weight is 389 g/mol. The highest BCUT2D eigenvalue weighted by Crippen LogP contribution is 2.22. The van der Waals surface area contributed by atoms with E-state index in [9.17, 15) is 4.79 Å². The summed E-state index contributed by atoms with van der Waals surface area (Å²) in [6.07, 6.45) is 0.792. The van der Waals surface area contributed by atoms with E-state index in [0.29, 0.717) is 19.0 Å². The zero-order valence-corrected chi connectivity index (χ0v) is 17.0. The first kappa shape index (κ1) is 19.2. The molecule has 1 fully saturated rings. The number of hydrogen-bond acceptors (Lipinski definition) is 4. The van der Waals surface area contributed by atoms with Gasteiger partial charge in [0.15, 0.2) is 0 Å². The maximum atomic E-state index is 12.9. The lowest BCUT2D eigenvalue weighted by molar-refractivity contribution is 0.0771. The normalized spacial score (nSPS) is 16.2. The molecule has 0 saturated carbocycles. The number of nitrogens with zero attached hydrogens (tertiary/aromatic N) is 3. The summed E-state index contributed by atoms with van der Waals surface area (Å²) >= 11 is 0. The number of benzene rings is 2. The van der Waals surface area contributed by atoms with Crippen LogP contribution < -0.4 is 9.64 Å². The van der Waals surface area contributed by atoms with Crippen LogP contribution >= 0.6 is 0 Å². The van der Waals surface area contributed by atoms with E-state index in [2.05, 4.69) is 23.7 Å². The van der Waals surface area contributed by atoms with E-state index in [0.717, 1.165) is 41.7 Å². The van der Waals surface area contributed by atoms with Crippen molar-refractivity contribution in [3.8, 4) is 5.88 Å². The molecule has 0 radical (unpaired) electrons. The van der Waals surface area contributed by atoms with Crippen molar-refractivity contribution in [2.75, 3.05) is 31.1 Å². The number of ether oxygens (including phenoxy) is 1. The van der Waals surface area contributed by atoms with Crippen LogP contribution in [0.25, 0.3) is 10.9 Å². The Hall–Kier alpha value is -3.08. The minimum absolute atomic E-state index is 0.0254. The fourth-order valence-electron chi connectivity index (χ4n) is 3.88. The largest absolute Gasteiger partial charge is 0.472 e. The Morgan fingerprint density at radius 3 is 2.59 bits per heavy atom. The van der Waals surface area contributed by atoms with Gasteiger partial charge in [-0.1, -0.05) is 18.2 Å². The van der Waals surface area contributed by atoms with Crippen LogP contribution in [0.1, 0.15) is 30.6 Å². The van der Waals surface area contributed by atoms with Crippen LogP contribution in [0.3, 0.4) is 0 Å². The van der Waals surface area contributed by atoms with Crippen LogP contribution in [0, 0.1) is 0 Å². The highest BCUT2D eigenvalue weighted by molar-refractivity contribution is 5.94. The number of para-hydroxylation sites is 1. The summed E-state index contributed by atoms with van der Waals surface area (Å²) in [5, 5.41) is 1.09. The molecule has 5 nitrogen and oxygen atoms in total. The van der Waals surface area contributed by atoms with Crippen molar-refractivity contribution in [2.24, 2.45) is 0 Å². The Bertz CT molecular complexity index is 983. The van der Waals surface area contributed by atoms with E-state index in [4.69, 9.17) is 4.74 Å². The van der Waals surface area contributed by atoms with Crippen molar-refractivity contribution in [3.05, 3.63) is 66.2 Å². The van der Waals surface area contributed by atoms with Gasteiger partial charge < -0.3 is 14.5 Å². The second-order valence-corrected chi connectivity index (χ2v) is 7.34. The zero-order chi connectivity index (χ0) is 20.2. The number of pyridine rings is 1. The van der Waals surface area contributed by atoms with Crippen molar-refractivity contribution >= 4 is 22.5 Å². The van der Waals surface area contributed by atoms with Crippen LogP contribution in [0.5, 0.6) is 5.88 Å². The molecule has 2 aromatic carbocycles. The smallest absolute Gasteiger partial charge is 0.253 e. The van der Waals surface area contributed by atoms with Gasteiger partial charge in [0.2, 0.25) is 5.88 Å². The van der Waals surface area contributed by atoms with Crippen molar-refractivity contribution in [2.45, 2.75) is 26.4 Å². The van der Waals surface area contributed by atoms with E-state index in [1.807, 2.05) is 65.6 Å². The lowest BCUT2D eigenvalue weighted by Gasteiger charge is -2.22. The third kappa shape index (κ3) is 4.19. The molecule has 150 valence electrons. The van der Waals surface area contributed by atoms with Gasteiger partial charge in [-0.15, -0.1) is 0 Å². The Morgan fingerprint density at radius 1 is 1.07 bits per heavy atom. The number of amides is 1. The molecule has 1 aliphatic rings. The number of carbonyl (C=O) groups is 1. The van der Waals surface area contributed by atoms with E-state index in [1.54, 1.807) is 0 Å². The molecular formula is C24H27N3O2. The van der Waals surface area contributed by atoms with Crippen molar-refractivity contribution in [1.29, 1.82) is 0 Å². The van der Waals surface area contributed by atoms with Crippen molar-refractivity contribution < 1.29 is 9.53 Å². The second-order valence-electron chi connectivity index (χ2n) is 7.34. The van der Waals surface area contributed by atoms with E-state index >= 15 is 0 Å². The van der Waals surface area contributed by atoms with Gasteiger partial charge in [-0.05, 0) is 50.2 Å². The summed E-state index contributed by atoms with van der Waals surface area (Å²) in [6.45, 7) is 7.48. The number of carbonyl (C=O) groups excluding carboxylic acids is 1. The molecule has 1 aliphatic heterocycles. The molecule has 0 N–H and O–H groups in total. The van der Waals surface area contributed by atoms with Gasteiger partial charge in [0.1, 0.15) is 6.10 Å². The Kier molecular flexibility index (Phi) is 5.65. The lowest BCUT2D eigenvalue weighted by Crippen LogP contribution is -2.31. The molecule has 4 rings (SSSR count). The number of rotatable bonds is 6. The quantitative estimate of drug-likeness (QED) is 0.628. The molecule has 3 aromatic rings. The second kappa shape index (κ2) is 8.52. The molecule has 29 heavy (non-hydrogen) atoms. The third-order valence-corrected chi connectivity index (χ3v) is 5.54. The van der Waals surface area contributed by atoms with Crippen LogP contribution in [-0.2, 0) is 0 Å². The summed E-state index contributed by atoms with van der Waals surface area (Å²) < 4.78 is 6.07. The SMILES string of the molecule is CCN(CC)c1ccc(C(=O)N2CCC(Oc3ccc4ccccc4n3)C2)cc1. The maximum absolute atomic E-state index is 12.9. The highest BCUT2D eigenvalue weighted by atomic mass is 16.5. The van der Waals surface area contributed by atoms with Gasteiger partial charge in [0, 0.05) is 48.8 Å². The van der Waals surface area contributed by atoms with E-state index in [-0.39, 0.29) is 12.0 Å². The van der Waals surface area contributed by atoms with Gasteiger partial charge in [-0.2, -0.15) is 0 Å². The van der Waals surface area contributed by atoms with Crippen LogP contribution in [0.2, 0.25) is 0 Å². The highest BCUT2D eigenvalue weighted by Gasteiger charge is 2.28. The maximum Gasteiger partial charge on any atom is 0.253 e. The Morgan fingerprint density at radius 2 is 1.83 bits per heavy atom. The van der Waals surface area contributed by atoms with Crippen LogP contribution in [0.4, 0.5) is 5.69 Å². The number of aromatic nitrogens is 1. The van der Waals surface area contributed by atoms with Crippen molar-refractivity contribution in [3.63, 3.8) is 0 Å². The monoisotopic (exact) mass is 389 g/mol. The molecule has 1 amide bonds. The number of fused-ring (bicyclic) bond motifs is 1. The zero-order valence-electron chi connectivity index (χ0n) is 17.0. The molecule has 0 spiro atoms. The molecule has 1 saturated heterocycles. The molecule has 0 aliphatic carbocycles. The standard InChI is InChI=1S/C24H27N3O2/c1-3-26(4-2)20-12-9-19(10-13-20)24(28)27-16-15-21(17-27)29-23-14-11-18-7-5-6-8-22(18)25-23/h5-14,21H,3-4,15-17H2,1-2H3. The summed E-state index contributed by atoms with van der Waals surface area (Å²) in [6, 6.07) is 19.8. The average Bonchev–Trinajstić information content (AvgIpc) is 3.23. The van der Waals surface area contributed by atoms with Gasteiger partial charge in [0.05, 0.1) is 12.1 Å². The molecule has 0 bridgehead atoms. The van der Waals surface area contributed by atoms with E-state index < -0.39 is 0 Å².